The van der Waals surface area contributed by atoms with Crippen molar-refractivity contribution in [2.75, 3.05) is 39.3 Å². The molecule has 0 amide bonds. The van der Waals surface area contributed by atoms with Crippen LogP contribution in [0.4, 0.5) is 0 Å². The van der Waals surface area contributed by atoms with Crippen molar-refractivity contribution in [1.29, 1.82) is 0 Å². The predicted molar refractivity (Wildman–Crippen MR) is 78.7 cm³/mol. The van der Waals surface area contributed by atoms with Gasteiger partial charge in [0, 0.05) is 42.8 Å². The summed E-state index contributed by atoms with van der Waals surface area (Å²) in [6.07, 6.45) is 0. The molecule has 5 nitrogen and oxygen atoms in total. The summed E-state index contributed by atoms with van der Waals surface area (Å²) in [6, 6.07) is 4.31. The molecule has 0 radical (unpaired) electrons. The van der Waals surface area contributed by atoms with Crippen molar-refractivity contribution >= 4 is 33.2 Å². The number of halogens is 2. The molecule has 1 fully saturated rings. The SMILES string of the molecule is O=S(=O)(c1cc(Cl)cc(Cl)c1)N1CCN(CCO)CC1. The van der Waals surface area contributed by atoms with E-state index >= 15 is 0 Å². The average molecular weight is 339 g/mol. The molecule has 1 aromatic rings. The molecule has 1 aliphatic rings. The lowest BCUT2D eigenvalue weighted by atomic mass is 10.3. The summed E-state index contributed by atoms with van der Waals surface area (Å²) in [4.78, 5) is 2.14. The fourth-order valence-electron chi connectivity index (χ4n) is 2.16. The van der Waals surface area contributed by atoms with Gasteiger partial charge in [-0.1, -0.05) is 23.2 Å². The van der Waals surface area contributed by atoms with Crippen LogP contribution in [0.25, 0.3) is 0 Å². The summed E-state index contributed by atoms with van der Waals surface area (Å²) in [7, 11) is -3.57. The van der Waals surface area contributed by atoms with Gasteiger partial charge in [-0.25, -0.2) is 8.42 Å². The van der Waals surface area contributed by atoms with Crippen molar-refractivity contribution in [1.82, 2.24) is 9.21 Å². The van der Waals surface area contributed by atoms with Gasteiger partial charge in [0.15, 0.2) is 0 Å². The van der Waals surface area contributed by atoms with Crippen LogP contribution in [-0.2, 0) is 10.0 Å². The highest BCUT2D eigenvalue weighted by Crippen LogP contribution is 2.25. The highest BCUT2D eigenvalue weighted by molar-refractivity contribution is 7.89. The minimum atomic E-state index is -3.57. The van der Waals surface area contributed by atoms with E-state index in [0.29, 0.717) is 42.8 Å². The third kappa shape index (κ3) is 3.63. The van der Waals surface area contributed by atoms with E-state index in [1.54, 1.807) is 0 Å². The molecular weight excluding hydrogens is 323 g/mol. The number of rotatable bonds is 4. The molecule has 0 unspecified atom stereocenters. The smallest absolute Gasteiger partial charge is 0.243 e. The molecule has 1 aliphatic heterocycles. The van der Waals surface area contributed by atoms with Crippen molar-refractivity contribution in [2.45, 2.75) is 4.90 Å². The zero-order valence-electron chi connectivity index (χ0n) is 10.8. The summed E-state index contributed by atoms with van der Waals surface area (Å²) >= 11 is 11.7. The van der Waals surface area contributed by atoms with Crippen molar-refractivity contribution < 1.29 is 13.5 Å². The Bertz CT molecular complexity index is 552. The first-order valence-electron chi connectivity index (χ1n) is 6.23. The summed E-state index contributed by atoms with van der Waals surface area (Å²) in [5.74, 6) is 0. The molecule has 112 valence electrons. The van der Waals surface area contributed by atoms with E-state index in [2.05, 4.69) is 0 Å². The van der Waals surface area contributed by atoms with Gasteiger partial charge in [0.2, 0.25) is 10.0 Å². The lowest BCUT2D eigenvalue weighted by Gasteiger charge is -2.33. The van der Waals surface area contributed by atoms with Crippen molar-refractivity contribution in [2.24, 2.45) is 0 Å². The van der Waals surface area contributed by atoms with Crippen LogP contribution in [0.2, 0.25) is 10.0 Å². The topological polar surface area (TPSA) is 60.9 Å². The number of hydrogen-bond donors (Lipinski definition) is 1. The standard InChI is InChI=1S/C12H16Cl2N2O3S/c13-10-7-11(14)9-12(8-10)20(18,19)16-3-1-15(2-4-16)5-6-17/h7-9,17H,1-6H2. The molecule has 20 heavy (non-hydrogen) atoms. The van der Waals surface area contributed by atoms with Crippen LogP contribution in [0.3, 0.4) is 0 Å². The number of benzene rings is 1. The second-order valence-electron chi connectivity index (χ2n) is 4.57. The van der Waals surface area contributed by atoms with Crippen LogP contribution in [0, 0.1) is 0 Å². The summed E-state index contributed by atoms with van der Waals surface area (Å²) in [6.45, 7) is 2.65. The van der Waals surface area contributed by atoms with Gasteiger partial charge in [-0.3, -0.25) is 4.90 Å². The van der Waals surface area contributed by atoms with Crippen LogP contribution < -0.4 is 0 Å². The highest BCUT2D eigenvalue weighted by Gasteiger charge is 2.28. The van der Waals surface area contributed by atoms with E-state index in [1.807, 2.05) is 4.90 Å². The molecule has 0 aromatic heterocycles. The Morgan fingerprint density at radius 2 is 1.60 bits per heavy atom. The highest BCUT2D eigenvalue weighted by atomic mass is 35.5. The molecule has 1 heterocycles. The van der Waals surface area contributed by atoms with E-state index < -0.39 is 10.0 Å². The minimum absolute atomic E-state index is 0.0800. The number of β-amino-alcohol motifs (C(OH)–C–C–N with tert-alkyl or cyclic N) is 1. The van der Waals surface area contributed by atoms with E-state index in [-0.39, 0.29) is 11.5 Å². The third-order valence-corrected chi connectivity index (χ3v) is 5.53. The average Bonchev–Trinajstić information content (AvgIpc) is 2.38. The van der Waals surface area contributed by atoms with E-state index in [9.17, 15) is 8.42 Å². The largest absolute Gasteiger partial charge is 0.395 e. The molecule has 0 aliphatic carbocycles. The first kappa shape index (κ1) is 16.0. The van der Waals surface area contributed by atoms with Crippen molar-refractivity contribution in [3.63, 3.8) is 0 Å². The maximum absolute atomic E-state index is 12.5. The summed E-state index contributed by atoms with van der Waals surface area (Å²) in [5, 5.41) is 9.48. The van der Waals surface area contributed by atoms with Gasteiger partial charge in [0.25, 0.3) is 0 Å². The Morgan fingerprint density at radius 1 is 1.05 bits per heavy atom. The maximum atomic E-state index is 12.5. The van der Waals surface area contributed by atoms with Gasteiger partial charge in [0.1, 0.15) is 0 Å². The Labute approximate surface area is 128 Å². The number of hydrogen-bond acceptors (Lipinski definition) is 4. The first-order valence-corrected chi connectivity index (χ1v) is 8.42. The molecule has 0 spiro atoms. The molecule has 0 saturated carbocycles. The maximum Gasteiger partial charge on any atom is 0.243 e. The molecule has 1 saturated heterocycles. The molecule has 2 rings (SSSR count). The van der Waals surface area contributed by atoms with Crippen LogP contribution in [-0.4, -0.2) is 62.1 Å². The Balaban J connectivity index is 2.15. The van der Waals surface area contributed by atoms with Crippen LogP contribution in [0.15, 0.2) is 23.1 Å². The van der Waals surface area contributed by atoms with Gasteiger partial charge >= 0.3 is 0 Å². The van der Waals surface area contributed by atoms with Crippen LogP contribution in [0.5, 0.6) is 0 Å². The fourth-order valence-corrected chi connectivity index (χ4v) is 4.31. The van der Waals surface area contributed by atoms with Gasteiger partial charge in [-0.15, -0.1) is 0 Å². The number of aliphatic hydroxyl groups excluding tert-OH is 1. The summed E-state index contributed by atoms with van der Waals surface area (Å²) in [5.41, 5.74) is 0. The Morgan fingerprint density at radius 3 is 2.10 bits per heavy atom. The predicted octanol–water partition coefficient (Wildman–Crippen LogP) is 1.29. The fraction of sp³-hybridized carbons (Fsp3) is 0.500. The van der Waals surface area contributed by atoms with Gasteiger partial charge in [0.05, 0.1) is 11.5 Å². The molecule has 0 atom stereocenters. The lowest BCUT2D eigenvalue weighted by Crippen LogP contribution is -2.49. The van der Waals surface area contributed by atoms with E-state index in [1.165, 1.54) is 22.5 Å². The monoisotopic (exact) mass is 338 g/mol. The summed E-state index contributed by atoms with van der Waals surface area (Å²) < 4.78 is 26.4. The van der Waals surface area contributed by atoms with E-state index in [4.69, 9.17) is 28.3 Å². The van der Waals surface area contributed by atoms with Gasteiger partial charge in [-0.2, -0.15) is 4.31 Å². The lowest BCUT2D eigenvalue weighted by molar-refractivity contribution is 0.151. The molecule has 0 bridgehead atoms. The first-order chi connectivity index (χ1) is 9.43. The third-order valence-electron chi connectivity index (χ3n) is 3.22. The van der Waals surface area contributed by atoms with Crippen molar-refractivity contribution in [3.8, 4) is 0 Å². The van der Waals surface area contributed by atoms with E-state index in [0.717, 1.165) is 0 Å². The quantitative estimate of drug-likeness (QED) is 0.898. The minimum Gasteiger partial charge on any atom is -0.395 e. The second kappa shape index (κ2) is 6.60. The Kier molecular flexibility index (Phi) is 5.28. The number of aliphatic hydroxyl groups is 1. The second-order valence-corrected chi connectivity index (χ2v) is 7.39. The number of piperazine rings is 1. The van der Waals surface area contributed by atoms with Crippen molar-refractivity contribution in [3.05, 3.63) is 28.2 Å². The zero-order valence-corrected chi connectivity index (χ0v) is 13.1. The van der Waals surface area contributed by atoms with Gasteiger partial charge in [-0.05, 0) is 18.2 Å². The molecule has 8 heteroatoms. The Hall–Kier alpha value is -0.370. The van der Waals surface area contributed by atoms with Crippen LogP contribution >= 0.6 is 23.2 Å². The molecule has 1 N–H and O–H groups in total. The van der Waals surface area contributed by atoms with Gasteiger partial charge < -0.3 is 5.11 Å². The molecule has 1 aromatic carbocycles. The van der Waals surface area contributed by atoms with Crippen LogP contribution in [0.1, 0.15) is 0 Å². The zero-order chi connectivity index (χ0) is 14.8. The molecular formula is C12H16Cl2N2O3S. The normalized spacial score (nSPS) is 18.4. The number of sulfonamides is 1. The number of nitrogens with zero attached hydrogens (tertiary/aromatic N) is 2.